The highest BCUT2D eigenvalue weighted by molar-refractivity contribution is 5.97. The van der Waals surface area contributed by atoms with Gasteiger partial charge in [-0.1, -0.05) is 13.0 Å². The molecule has 4 nitrogen and oxygen atoms in total. The molecule has 0 bridgehead atoms. The van der Waals surface area contributed by atoms with Crippen LogP contribution < -0.4 is 5.32 Å². The van der Waals surface area contributed by atoms with E-state index in [1.165, 1.54) is 18.2 Å². The van der Waals surface area contributed by atoms with Crippen molar-refractivity contribution in [2.24, 2.45) is 0 Å². The van der Waals surface area contributed by atoms with Gasteiger partial charge < -0.3 is 15.3 Å². The molecular weight excluding hydrogens is 259 g/mol. The number of amides is 1. The van der Waals surface area contributed by atoms with Crippen LogP contribution in [0.1, 0.15) is 36.5 Å². The van der Waals surface area contributed by atoms with Crippen LogP contribution in [0.4, 0.5) is 4.39 Å². The summed E-state index contributed by atoms with van der Waals surface area (Å²) in [5, 5.41) is 13.0. The molecule has 1 amide bonds. The molecule has 1 saturated heterocycles. The number of phenolic OH excluding ortho intramolecular Hbond substituents is 1. The molecular formula is C15H21FN2O2. The number of rotatable bonds is 4. The van der Waals surface area contributed by atoms with Crippen molar-refractivity contribution in [2.45, 2.75) is 32.2 Å². The molecule has 1 fully saturated rings. The van der Waals surface area contributed by atoms with E-state index in [1.807, 2.05) is 6.92 Å². The van der Waals surface area contributed by atoms with Gasteiger partial charge in [0.1, 0.15) is 17.1 Å². The smallest absolute Gasteiger partial charge is 0.260 e. The van der Waals surface area contributed by atoms with Gasteiger partial charge in [-0.25, -0.2) is 4.39 Å². The lowest BCUT2D eigenvalue weighted by Gasteiger charge is -2.34. The van der Waals surface area contributed by atoms with Crippen LogP contribution in [0.25, 0.3) is 0 Å². The number of phenols is 1. The minimum atomic E-state index is -0.662. The molecule has 110 valence electrons. The van der Waals surface area contributed by atoms with Crippen molar-refractivity contribution >= 4 is 5.91 Å². The first-order valence-electron chi connectivity index (χ1n) is 7.14. The molecule has 0 aliphatic carbocycles. The molecule has 1 heterocycles. The summed E-state index contributed by atoms with van der Waals surface area (Å²) in [6.45, 7) is 4.29. The molecule has 5 heteroatoms. The minimum Gasteiger partial charge on any atom is -0.507 e. The summed E-state index contributed by atoms with van der Waals surface area (Å²) in [4.78, 5) is 14.3. The topological polar surface area (TPSA) is 52.6 Å². The van der Waals surface area contributed by atoms with Gasteiger partial charge in [-0.3, -0.25) is 4.79 Å². The number of carbonyl (C=O) groups excluding carboxylic acids is 1. The van der Waals surface area contributed by atoms with Crippen molar-refractivity contribution in [3.05, 3.63) is 29.6 Å². The maximum atomic E-state index is 13.8. The first kappa shape index (κ1) is 14.8. The van der Waals surface area contributed by atoms with Crippen LogP contribution in [0.5, 0.6) is 5.75 Å². The van der Waals surface area contributed by atoms with Crippen molar-refractivity contribution in [3.63, 3.8) is 0 Å². The summed E-state index contributed by atoms with van der Waals surface area (Å²) in [6, 6.07) is 4.07. The quantitative estimate of drug-likeness (QED) is 0.888. The first-order valence-corrected chi connectivity index (χ1v) is 7.14. The standard InChI is InChI=1S/C15H21FN2O2/c1-2-10-18(11-6-8-17-9-7-11)15(20)14-12(16)4-3-5-13(14)19/h3-5,11,17,19H,2,6-10H2,1H3. The van der Waals surface area contributed by atoms with E-state index in [4.69, 9.17) is 0 Å². The summed E-state index contributed by atoms with van der Waals surface area (Å²) in [5.74, 6) is -1.36. The van der Waals surface area contributed by atoms with Crippen LogP contribution in [0.15, 0.2) is 18.2 Å². The number of benzene rings is 1. The Kier molecular flexibility index (Phi) is 4.95. The Hall–Kier alpha value is -1.62. The van der Waals surface area contributed by atoms with Crippen molar-refractivity contribution < 1.29 is 14.3 Å². The largest absolute Gasteiger partial charge is 0.507 e. The van der Waals surface area contributed by atoms with Gasteiger partial charge in [-0.05, 0) is 44.5 Å². The number of halogens is 1. The number of piperidine rings is 1. The van der Waals surface area contributed by atoms with Crippen LogP contribution >= 0.6 is 0 Å². The number of hydrogen-bond acceptors (Lipinski definition) is 3. The Morgan fingerprint density at radius 3 is 2.75 bits per heavy atom. The first-order chi connectivity index (χ1) is 9.65. The third-order valence-electron chi connectivity index (χ3n) is 3.68. The second kappa shape index (κ2) is 6.70. The number of carbonyl (C=O) groups is 1. The predicted octanol–water partition coefficient (Wildman–Crippen LogP) is 2.14. The van der Waals surface area contributed by atoms with E-state index >= 15 is 0 Å². The highest BCUT2D eigenvalue weighted by Gasteiger charge is 2.28. The second-order valence-corrected chi connectivity index (χ2v) is 5.11. The monoisotopic (exact) mass is 280 g/mol. The molecule has 1 aromatic carbocycles. The van der Waals surface area contributed by atoms with Crippen LogP contribution in [0.2, 0.25) is 0 Å². The zero-order chi connectivity index (χ0) is 14.5. The molecule has 20 heavy (non-hydrogen) atoms. The summed E-state index contributed by atoms with van der Waals surface area (Å²) < 4.78 is 13.8. The third-order valence-corrected chi connectivity index (χ3v) is 3.68. The molecule has 0 spiro atoms. The van der Waals surface area contributed by atoms with Gasteiger partial charge in [-0.15, -0.1) is 0 Å². The van der Waals surface area contributed by atoms with Crippen LogP contribution in [-0.2, 0) is 0 Å². The number of hydrogen-bond donors (Lipinski definition) is 2. The van der Waals surface area contributed by atoms with E-state index in [0.717, 1.165) is 32.4 Å². The lowest BCUT2D eigenvalue weighted by atomic mass is 10.0. The van der Waals surface area contributed by atoms with E-state index in [0.29, 0.717) is 6.54 Å². The lowest BCUT2D eigenvalue weighted by molar-refractivity contribution is 0.0634. The Balaban J connectivity index is 2.26. The maximum absolute atomic E-state index is 13.8. The Morgan fingerprint density at radius 1 is 1.45 bits per heavy atom. The van der Waals surface area contributed by atoms with Crippen LogP contribution in [-0.4, -0.2) is 41.6 Å². The van der Waals surface area contributed by atoms with Gasteiger partial charge in [0.2, 0.25) is 0 Å². The van der Waals surface area contributed by atoms with Gasteiger partial charge in [0.25, 0.3) is 5.91 Å². The van der Waals surface area contributed by atoms with E-state index in [-0.39, 0.29) is 17.4 Å². The summed E-state index contributed by atoms with van der Waals surface area (Å²) in [7, 11) is 0. The lowest BCUT2D eigenvalue weighted by Crippen LogP contribution is -2.46. The highest BCUT2D eigenvalue weighted by atomic mass is 19.1. The molecule has 2 N–H and O–H groups in total. The zero-order valence-electron chi connectivity index (χ0n) is 11.7. The molecule has 0 aromatic heterocycles. The normalized spacial score (nSPS) is 16.1. The average molecular weight is 280 g/mol. The van der Waals surface area contributed by atoms with E-state index < -0.39 is 11.7 Å². The van der Waals surface area contributed by atoms with Crippen LogP contribution in [0, 0.1) is 5.82 Å². The fourth-order valence-corrected chi connectivity index (χ4v) is 2.68. The van der Waals surface area contributed by atoms with Gasteiger partial charge in [0.05, 0.1) is 0 Å². The van der Waals surface area contributed by atoms with E-state index in [1.54, 1.807) is 4.90 Å². The van der Waals surface area contributed by atoms with Crippen molar-refractivity contribution in [1.82, 2.24) is 10.2 Å². The van der Waals surface area contributed by atoms with Crippen molar-refractivity contribution in [1.29, 1.82) is 0 Å². The number of aromatic hydroxyl groups is 1. The van der Waals surface area contributed by atoms with Crippen molar-refractivity contribution in [3.8, 4) is 5.75 Å². The SMILES string of the molecule is CCCN(C(=O)c1c(O)cccc1F)C1CCNCC1. The molecule has 2 rings (SSSR count). The molecule has 0 unspecified atom stereocenters. The maximum Gasteiger partial charge on any atom is 0.260 e. The molecule has 1 aromatic rings. The molecule has 0 radical (unpaired) electrons. The van der Waals surface area contributed by atoms with Gasteiger partial charge in [0, 0.05) is 12.6 Å². The molecule has 0 saturated carbocycles. The Labute approximate surface area is 118 Å². The van der Waals surface area contributed by atoms with Gasteiger partial charge >= 0.3 is 0 Å². The zero-order valence-corrected chi connectivity index (χ0v) is 11.7. The number of nitrogens with one attached hydrogen (secondary N) is 1. The third kappa shape index (κ3) is 3.10. The Bertz CT molecular complexity index is 453. The molecule has 1 aliphatic heterocycles. The molecule has 0 atom stereocenters. The fourth-order valence-electron chi connectivity index (χ4n) is 2.68. The second-order valence-electron chi connectivity index (χ2n) is 5.11. The minimum absolute atomic E-state index is 0.114. The molecule has 1 aliphatic rings. The Morgan fingerprint density at radius 2 is 2.15 bits per heavy atom. The van der Waals surface area contributed by atoms with Gasteiger partial charge in [0.15, 0.2) is 0 Å². The van der Waals surface area contributed by atoms with Crippen molar-refractivity contribution in [2.75, 3.05) is 19.6 Å². The van der Waals surface area contributed by atoms with Gasteiger partial charge in [-0.2, -0.15) is 0 Å². The summed E-state index contributed by atoms with van der Waals surface area (Å²) >= 11 is 0. The summed E-state index contributed by atoms with van der Waals surface area (Å²) in [5.41, 5.74) is -0.209. The fraction of sp³-hybridized carbons (Fsp3) is 0.533. The van der Waals surface area contributed by atoms with Crippen LogP contribution in [0.3, 0.4) is 0 Å². The highest BCUT2D eigenvalue weighted by Crippen LogP contribution is 2.24. The predicted molar refractivity (Wildman–Crippen MR) is 75.3 cm³/mol. The average Bonchev–Trinajstić information content (AvgIpc) is 2.45. The summed E-state index contributed by atoms with van der Waals surface area (Å²) in [6.07, 6.45) is 2.53. The number of nitrogens with zero attached hydrogens (tertiary/aromatic N) is 1. The van der Waals surface area contributed by atoms with E-state index in [2.05, 4.69) is 5.32 Å². The van der Waals surface area contributed by atoms with E-state index in [9.17, 15) is 14.3 Å².